The summed E-state index contributed by atoms with van der Waals surface area (Å²) in [5.74, 6) is -0.000596. The van der Waals surface area contributed by atoms with Gasteiger partial charge in [0.05, 0.1) is 31.1 Å². The van der Waals surface area contributed by atoms with Crippen LogP contribution >= 0.6 is 0 Å². The Bertz CT molecular complexity index is 673. The van der Waals surface area contributed by atoms with Gasteiger partial charge in [-0.05, 0) is 25.0 Å². The van der Waals surface area contributed by atoms with Crippen LogP contribution in [0.1, 0.15) is 35.8 Å². The molecule has 2 atom stereocenters. The third-order valence-corrected chi connectivity index (χ3v) is 4.85. The second-order valence-electron chi connectivity index (χ2n) is 6.41. The number of likely N-dealkylation sites (tertiary alicyclic amines) is 1. The Morgan fingerprint density at radius 3 is 3.09 bits per heavy atom. The number of aromatic nitrogens is 3. The van der Waals surface area contributed by atoms with Crippen LogP contribution in [-0.4, -0.2) is 50.6 Å². The van der Waals surface area contributed by atoms with Crippen molar-refractivity contribution in [2.45, 2.75) is 30.9 Å². The van der Waals surface area contributed by atoms with Crippen LogP contribution in [0.4, 0.5) is 0 Å². The van der Waals surface area contributed by atoms with E-state index >= 15 is 0 Å². The highest BCUT2D eigenvalue weighted by molar-refractivity contribution is 5.92. The lowest BCUT2D eigenvalue weighted by Gasteiger charge is -2.39. The minimum atomic E-state index is -0.225. The summed E-state index contributed by atoms with van der Waals surface area (Å²) in [6.45, 7) is 2.10. The second kappa shape index (κ2) is 5.77. The van der Waals surface area contributed by atoms with Gasteiger partial charge in [0, 0.05) is 31.6 Å². The summed E-state index contributed by atoms with van der Waals surface area (Å²) in [6.07, 6.45) is 10.2. The minimum Gasteiger partial charge on any atom is -0.371 e. The maximum Gasteiger partial charge on any atom is 0.272 e. The molecule has 2 fully saturated rings. The Labute approximate surface area is 135 Å². The Kier molecular flexibility index (Phi) is 3.61. The van der Waals surface area contributed by atoms with Crippen LogP contribution in [0.25, 0.3) is 0 Å². The van der Waals surface area contributed by atoms with E-state index in [4.69, 9.17) is 4.74 Å². The lowest BCUT2D eigenvalue weighted by molar-refractivity contribution is -0.0450. The summed E-state index contributed by atoms with van der Waals surface area (Å²) in [4.78, 5) is 22.8. The molecule has 120 valence electrons. The van der Waals surface area contributed by atoms with Crippen LogP contribution in [0, 0.1) is 0 Å². The predicted molar refractivity (Wildman–Crippen MR) is 83.9 cm³/mol. The van der Waals surface area contributed by atoms with Crippen molar-refractivity contribution in [3.63, 3.8) is 0 Å². The van der Waals surface area contributed by atoms with Gasteiger partial charge in [-0.1, -0.05) is 6.07 Å². The van der Waals surface area contributed by atoms with E-state index in [2.05, 4.69) is 14.5 Å². The number of imidazole rings is 1. The maximum absolute atomic E-state index is 12.6. The van der Waals surface area contributed by atoms with E-state index in [-0.39, 0.29) is 11.5 Å². The zero-order chi connectivity index (χ0) is 15.7. The molecule has 2 unspecified atom stereocenters. The van der Waals surface area contributed by atoms with Crippen molar-refractivity contribution in [2.75, 3.05) is 19.7 Å². The highest BCUT2D eigenvalue weighted by atomic mass is 16.5. The van der Waals surface area contributed by atoms with E-state index < -0.39 is 0 Å². The van der Waals surface area contributed by atoms with Gasteiger partial charge < -0.3 is 14.2 Å². The van der Waals surface area contributed by atoms with Crippen LogP contribution < -0.4 is 0 Å². The molecular formula is C17H20N4O2. The third kappa shape index (κ3) is 2.74. The Hall–Kier alpha value is -2.21. The number of carbonyl (C=O) groups is 1. The number of carbonyl (C=O) groups excluding carboxylic acids is 1. The highest BCUT2D eigenvalue weighted by Crippen LogP contribution is 2.39. The van der Waals surface area contributed by atoms with Crippen molar-refractivity contribution in [2.24, 2.45) is 0 Å². The standard InChI is InChI=1S/C17H20N4O2/c22-16(15-4-1-2-6-19-15)20-8-3-5-17(12-20)10-14(11-23-17)21-9-7-18-13-21/h1-2,4,6-7,9,13-14H,3,5,8,10-12H2. The molecule has 2 aromatic rings. The molecule has 2 saturated heterocycles. The zero-order valence-corrected chi connectivity index (χ0v) is 13.0. The molecule has 2 aliphatic rings. The normalized spacial score (nSPS) is 27.5. The number of rotatable bonds is 2. The van der Waals surface area contributed by atoms with Gasteiger partial charge in [-0.3, -0.25) is 9.78 Å². The molecule has 1 spiro atoms. The number of nitrogens with zero attached hydrogens (tertiary/aromatic N) is 4. The van der Waals surface area contributed by atoms with Gasteiger partial charge in [-0.25, -0.2) is 4.98 Å². The molecule has 4 rings (SSSR count). The smallest absolute Gasteiger partial charge is 0.272 e. The van der Waals surface area contributed by atoms with Gasteiger partial charge >= 0.3 is 0 Å². The quantitative estimate of drug-likeness (QED) is 0.850. The van der Waals surface area contributed by atoms with Crippen molar-refractivity contribution < 1.29 is 9.53 Å². The molecule has 0 radical (unpaired) electrons. The fraction of sp³-hybridized carbons (Fsp3) is 0.471. The molecule has 0 N–H and O–H groups in total. The first-order valence-electron chi connectivity index (χ1n) is 8.07. The minimum absolute atomic E-state index is 0.000596. The van der Waals surface area contributed by atoms with E-state index in [0.29, 0.717) is 24.9 Å². The van der Waals surface area contributed by atoms with Gasteiger partial charge in [0.25, 0.3) is 5.91 Å². The van der Waals surface area contributed by atoms with E-state index in [1.165, 1.54) is 0 Å². The van der Waals surface area contributed by atoms with Gasteiger partial charge in [-0.15, -0.1) is 0 Å². The van der Waals surface area contributed by atoms with Crippen LogP contribution in [0.2, 0.25) is 0 Å². The SMILES string of the molecule is O=C(c1ccccn1)N1CCCC2(CC(n3ccnc3)CO2)C1. The number of amides is 1. The number of hydrogen-bond donors (Lipinski definition) is 0. The Balaban J connectivity index is 1.48. The first-order valence-corrected chi connectivity index (χ1v) is 8.07. The molecule has 1 amide bonds. The van der Waals surface area contributed by atoms with E-state index in [9.17, 15) is 4.79 Å². The first kappa shape index (κ1) is 14.4. The molecule has 0 saturated carbocycles. The molecular weight excluding hydrogens is 292 g/mol. The highest BCUT2D eigenvalue weighted by Gasteiger charge is 2.45. The molecule has 2 aliphatic heterocycles. The van der Waals surface area contributed by atoms with E-state index in [0.717, 1.165) is 25.8 Å². The summed E-state index contributed by atoms with van der Waals surface area (Å²) >= 11 is 0. The van der Waals surface area contributed by atoms with Crippen LogP contribution in [-0.2, 0) is 4.74 Å². The Morgan fingerprint density at radius 2 is 2.30 bits per heavy atom. The Morgan fingerprint density at radius 1 is 1.35 bits per heavy atom. The topological polar surface area (TPSA) is 60.2 Å². The predicted octanol–water partition coefficient (Wildman–Crippen LogP) is 1.91. The summed E-state index contributed by atoms with van der Waals surface area (Å²) in [7, 11) is 0. The third-order valence-electron chi connectivity index (χ3n) is 4.85. The number of ether oxygens (including phenoxy) is 1. The first-order chi connectivity index (χ1) is 11.3. The number of hydrogen-bond acceptors (Lipinski definition) is 4. The van der Waals surface area contributed by atoms with Gasteiger partial charge in [-0.2, -0.15) is 0 Å². The van der Waals surface area contributed by atoms with Crippen molar-refractivity contribution in [3.05, 3.63) is 48.8 Å². The van der Waals surface area contributed by atoms with Gasteiger partial charge in [0.1, 0.15) is 5.69 Å². The van der Waals surface area contributed by atoms with Crippen LogP contribution in [0.15, 0.2) is 43.1 Å². The molecule has 0 aliphatic carbocycles. The second-order valence-corrected chi connectivity index (χ2v) is 6.41. The average Bonchev–Trinajstić information content (AvgIpc) is 3.25. The van der Waals surface area contributed by atoms with E-state index in [1.54, 1.807) is 18.5 Å². The summed E-state index contributed by atoms with van der Waals surface area (Å²) in [5, 5.41) is 0. The van der Waals surface area contributed by atoms with Crippen molar-refractivity contribution in [1.29, 1.82) is 0 Å². The molecule has 4 heterocycles. The molecule has 23 heavy (non-hydrogen) atoms. The van der Waals surface area contributed by atoms with Gasteiger partial charge in [0.15, 0.2) is 0 Å². The average molecular weight is 312 g/mol. The maximum atomic E-state index is 12.6. The summed E-state index contributed by atoms with van der Waals surface area (Å²) in [6, 6.07) is 5.75. The van der Waals surface area contributed by atoms with Crippen molar-refractivity contribution in [3.8, 4) is 0 Å². The largest absolute Gasteiger partial charge is 0.371 e. The van der Waals surface area contributed by atoms with E-state index in [1.807, 2.05) is 29.6 Å². The molecule has 6 heteroatoms. The lowest BCUT2D eigenvalue weighted by atomic mass is 9.88. The fourth-order valence-electron chi connectivity index (χ4n) is 3.70. The summed E-state index contributed by atoms with van der Waals surface area (Å²) < 4.78 is 8.28. The number of piperidine rings is 1. The summed E-state index contributed by atoms with van der Waals surface area (Å²) in [5.41, 5.74) is 0.283. The van der Waals surface area contributed by atoms with Gasteiger partial charge in [0.2, 0.25) is 0 Å². The fourth-order valence-corrected chi connectivity index (χ4v) is 3.70. The van der Waals surface area contributed by atoms with Crippen LogP contribution in [0.5, 0.6) is 0 Å². The monoisotopic (exact) mass is 312 g/mol. The van der Waals surface area contributed by atoms with Crippen molar-refractivity contribution in [1.82, 2.24) is 19.4 Å². The van der Waals surface area contributed by atoms with Crippen molar-refractivity contribution >= 4 is 5.91 Å². The van der Waals surface area contributed by atoms with Crippen LogP contribution in [0.3, 0.4) is 0 Å². The molecule has 0 aromatic carbocycles. The number of pyridine rings is 1. The zero-order valence-electron chi connectivity index (χ0n) is 13.0. The molecule has 2 aromatic heterocycles. The molecule has 0 bridgehead atoms. The lowest BCUT2D eigenvalue weighted by Crippen LogP contribution is -2.50. The molecule has 6 nitrogen and oxygen atoms in total.